The highest BCUT2D eigenvalue weighted by atomic mass is 32.2. The zero-order chi connectivity index (χ0) is 35.0. The summed E-state index contributed by atoms with van der Waals surface area (Å²) in [6, 6.07) is 10.6. The molecule has 2 atom stereocenters. The lowest BCUT2D eigenvalue weighted by Gasteiger charge is -2.48. The molecule has 3 aromatic carbocycles. The lowest BCUT2D eigenvalue weighted by molar-refractivity contribution is -0.156. The first-order chi connectivity index (χ1) is 22.4. The van der Waals surface area contributed by atoms with Crippen molar-refractivity contribution in [2.45, 2.75) is 75.5 Å². The number of rotatable bonds is 9. The van der Waals surface area contributed by atoms with Gasteiger partial charge in [0, 0.05) is 12.6 Å². The Hall–Kier alpha value is -3.98. The molecule has 0 amide bonds. The number of sulfonamides is 1. The third-order valence-electron chi connectivity index (χ3n) is 7.86. The summed E-state index contributed by atoms with van der Waals surface area (Å²) < 4.78 is 126. The average molecular weight is 701 g/mol. The number of halogens is 6. The molecule has 2 aliphatic heterocycles. The summed E-state index contributed by atoms with van der Waals surface area (Å²) in [6.07, 6.45) is -4.23. The van der Waals surface area contributed by atoms with Gasteiger partial charge in [-0.3, -0.25) is 9.10 Å². The smallest absolute Gasteiger partial charge is 0.416 e. The Morgan fingerprint density at radius 2 is 1.73 bits per heavy atom. The second-order valence-corrected chi connectivity index (χ2v) is 14.4. The summed E-state index contributed by atoms with van der Waals surface area (Å²) in [4.78, 5) is 13.5. The van der Waals surface area contributed by atoms with Crippen LogP contribution in [0.25, 0.3) is 11.1 Å². The van der Waals surface area contributed by atoms with E-state index in [2.05, 4.69) is 4.74 Å². The van der Waals surface area contributed by atoms with Crippen molar-refractivity contribution >= 4 is 27.4 Å². The van der Waals surface area contributed by atoms with Gasteiger partial charge in [-0.15, -0.1) is 0 Å². The van der Waals surface area contributed by atoms with Gasteiger partial charge in [0.2, 0.25) is 0 Å². The molecule has 0 aromatic heterocycles. The van der Waals surface area contributed by atoms with E-state index in [4.69, 9.17) is 9.47 Å². The van der Waals surface area contributed by atoms with Crippen LogP contribution in [0.1, 0.15) is 45.6 Å². The number of hydrogen-bond acceptors (Lipinski definition) is 7. The van der Waals surface area contributed by atoms with E-state index in [1.807, 2.05) is 4.90 Å². The minimum absolute atomic E-state index is 0.0218. The minimum Gasteiger partial charge on any atom is -0.460 e. The lowest BCUT2D eigenvalue weighted by atomic mass is 9.94. The third-order valence-corrected chi connectivity index (χ3v) is 9.63. The summed E-state index contributed by atoms with van der Waals surface area (Å²) >= 11 is 0. The van der Waals surface area contributed by atoms with Crippen molar-refractivity contribution in [2.75, 3.05) is 28.9 Å². The number of alkyl halides is 5. The Morgan fingerprint density at radius 3 is 2.42 bits per heavy atom. The summed E-state index contributed by atoms with van der Waals surface area (Å²) in [6.45, 7) is 2.40. The van der Waals surface area contributed by atoms with Crippen LogP contribution in [0.4, 0.5) is 37.7 Å². The van der Waals surface area contributed by atoms with Crippen molar-refractivity contribution in [2.24, 2.45) is 0 Å². The zero-order valence-corrected chi connectivity index (χ0v) is 27.1. The van der Waals surface area contributed by atoms with Gasteiger partial charge >= 0.3 is 18.8 Å². The first-order valence-corrected chi connectivity index (χ1v) is 16.5. The lowest BCUT2D eigenvalue weighted by Crippen LogP contribution is -2.55. The monoisotopic (exact) mass is 700 g/mol. The van der Waals surface area contributed by atoms with E-state index in [1.165, 1.54) is 12.1 Å². The van der Waals surface area contributed by atoms with Gasteiger partial charge < -0.3 is 19.1 Å². The van der Waals surface area contributed by atoms with Crippen LogP contribution in [0.5, 0.6) is 5.75 Å². The van der Waals surface area contributed by atoms with Gasteiger partial charge in [-0.1, -0.05) is 12.1 Å². The topological polar surface area (TPSA) is 85.4 Å². The molecule has 2 aliphatic rings. The minimum atomic E-state index is -4.79. The largest absolute Gasteiger partial charge is 0.460 e. The number of hydrogen-bond donors (Lipinski definition) is 0. The summed E-state index contributed by atoms with van der Waals surface area (Å²) in [5.41, 5.74) is -0.842. The van der Waals surface area contributed by atoms with Gasteiger partial charge in [-0.25, -0.2) is 12.8 Å². The van der Waals surface area contributed by atoms with Crippen LogP contribution in [-0.2, 0) is 30.5 Å². The molecule has 1 unspecified atom stereocenters. The number of piperidine rings is 1. The maximum absolute atomic E-state index is 14.4. The number of ether oxygens (including phenoxy) is 3. The van der Waals surface area contributed by atoms with Crippen molar-refractivity contribution in [3.8, 4) is 16.9 Å². The molecule has 0 spiro atoms. The highest BCUT2D eigenvalue weighted by Crippen LogP contribution is 2.44. The Bertz CT molecular complexity index is 1760. The number of carbonyl (C=O) groups is 1. The van der Waals surface area contributed by atoms with E-state index < -0.39 is 62.4 Å². The number of benzene rings is 3. The molecule has 8 nitrogen and oxygen atoms in total. The maximum atomic E-state index is 14.4. The highest BCUT2D eigenvalue weighted by molar-refractivity contribution is 7.92. The number of nitrogens with zero attached hydrogens (tertiary/aromatic N) is 2. The number of esters is 1. The molecule has 0 bridgehead atoms. The fraction of sp³-hybridized carbons (Fsp3) is 0.424. The van der Waals surface area contributed by atoms with Crippen LogP contribution >= 0.6 is 0 Å². The zero-order valence-electron chi connectivity index (χ0n) is 26.3. The summed E-state index contributed by atoms with van der Waals surface area (Å²) in [5, 5.41) is 0. The molecule has 1 fully saturated rings. The van der Waals surface area contributed by atoms with Crippen molar-refractivity contribution in [3.63, 3.8) is 0 Å². The highest BCUT2D eigenvalue weighted by Gasteiger charge is 2.41. The van der Waals surface area contributed by atoms with Crippen LogP contribution in [0, 0.1) is 5.82 Å². The molecule has 0 aliphatic carbocycles. The van der Waals surface area contributed by atoms with E-state index in [9.17, 15) is 39.6 Å². The fourth-order valence-electron chi connectivity index (χ4n) is 5.88. The maximum Gasteiger partial charge on any atom is 0.416 e. The Morgan fingerprint density at radius 1 is 0.979 bits per heavy atom. The van der Waals surface area contributed by atoms with Gasteiger partial charge in [0.25, 0.3) is 10.0 Å². The van der Waals surface area contributed by atoms with Crippen molar-refractivity contribution in [1.82, 2.24) is 0 Å². The number of fused-ring (bicyclic) bond motifs is 3. The van der Waals surface area contributed by atoms with Gasteiger partial charge in [0.05, 0.1) is 53.6 Å². The first-order valence-electron chi connectivity index (χ1n) is 15.1. The third kappa shape index (κ3) is 8.17. The Labute approximate surface area is 274 Å². The van der Waals surface area contributed by atoms with Gasteiger partial charge in [0.15, 0.2) is 0 Å². The second-order valence-electron chi connectivity index (χ2n) is 12.5. The van der Waals surface area contributed by atoms with Crippen LogP contribution in [0.2, 0.25) is 0 Å². The molecule has 48 heavy (non-hydrogen) atoms. The second kappa shape index (κ2) is 13.5. The van der Waals surface area contributed by atoms with Crippen LogP contribution in [-0.4, -0.2) is 58.4 Å². The molecule has 15 heteroatoms. The standard InChI is InChI=1S/C33H34F6N2O6S/c1-32(2,3)47-30(42)10-12-45-25-9-11-40-24(18-25)19-41(48(43,44)27-6-4-5-22(16-27)33(37,38)39)29-15-20(7-8-28(29)40)21-13-23(34)17-26(14-21)46-31(35)36/h4-8,13-17,24-25,31H,9-12,18-19H2,1-3H3/t24-,25?/m0/s1. The van der Waals surface area contributed by atoms with E-state index in [1.54, 1.807) is 32.9 Å². The molecule has 5 rings (SSSR count). The van der Waals surface area contributed by atoms with E-state index in [-0.39, 0.29) is 42.5 Å². The van der Waals surface area contributed by atoms with Gasteiger partial charge in [0.1, 0.15) is 17.2 Å². The molecule has 0 radical (unpaired) electrons. The van der Waals surface area contributed by atoms with Crippen molar-refractivity contribution in [3.05, 3.63) is 72.0 Å². The Kier molecular flexibility index (Phi) is 9.93. The number of anilines is 2. The normalized spacial score (nSPS) is 18.4. The van der Waals surface area contributed by atoms with Crippen molar-refractivity contribution < 1.29 is 53.8 Å². The predicted molar refractivity (Wildman–Crippen MR) is 165 cm³/mol. The van der Waals surface area contributed by atoms with Crippen molar-refractivity contribution in [1.29, 1.82) is 0 Å². The SMILES string of the molecule is CC(C)(C)OC(=O)CCOC1CCN2c3ccc(-c4cc(F)cc(OC(F)F)c4)cc3N(S(=O)(=O)c3cccc(C(F)(F)F)c3)C[C@@H]2C1. The van der Waals surface area contributed by atoms with Crippen LogP contribution in [0.3, 0.4) is 0 Å². The molecule has 0 saturated carbocycles. The first kappa shape index (κ1) is 35.3. The van der Waals surface area contributed by atoms with E-state index in [0.717, 1.165) is 34.6 Å². The predicted octanol–water partition coefficient (Wildman–Crippen LogP) is 7.41. The van der Waals surface area contributed by atoms with E-state index in [0.29, 0.717) is 31.1 Å². The summed E-state index contributed by atoms with van der Waals surface area (Å²) in [5.74, 6) is -1.74. The van der Waals surface area contributed by atoms with Gasteiger partial charge in [-0.05, 0) is 87.2 Å². The fourth-order valence-corrected chi connectivity index (χ4v) is 7.44. The molecular weight excluding hydrogens is 666 g/mol. The van der Waals surface area contributed by atoms with Gasteiger partial charge in [-0.2, -0.15) is 22.0 Å². The number of carbonyl (C=O) groups excluding carboxylic acids is 1. The Balaban J connectivity index is 1.49. The molecule has 0 N–H and O–H groups in total. The van der Waals surface area contributed by atoms with E-state index >= 15 is 0 Å². The molecule has 2 heterocycles. The molecule has 3 aromatic rings. The quantitative estimate of drug-likeness (QED) is 0.170. The van der Waals surface area contributed by atoms with Crippen LogP contribution in [0.15, 0.2) is 65.6 Å². The summed E-state index contributed by atoms with van der Waals surface area (Å²) in [7, 11) is -4.60. The van der Waals surface area contributed by atoms with Crippen LogP contribution < -0.4 is 13.9 Å². The average Bonchev–Trinajstić information content (AvgIpc) is 2.98. The molecular formula is C33H34F6N2O6S. The molecule has 1 saturated heterocycles. The molecule has 260 valence electrons.